The zero-order valence-corrected chi connectivity index (χ0v) is 17.1. The van der Waals surface area contributed by atoms with Crippen LogP contribution in [0.25, 0.3) is 0 Å². The molecule has 1 heterocycles. The van der Waals surface area contributed by atoms with Gasteiger partial charge >= 0.3 is 5.97 Å². The van der Waals surface area contributed by atoms with E-state index in [1.54, 1.807) is 42.5 Å². The van der Waals surface area contributed by atoms with Crippen molar-refractivity contribution in [2.45, 2.75) is 13.3 Å². The highest BCUT2D eigenvalue weighted by molar-refractivity contribution is 5.96. The van der Waals surface area contributed by atoms with Crippen LogP contribution in [0, 0.1) is 0 Å². The van der Waals surface area contributed by atoms with Crippen LogP contribution in [0.15, 0.2) is 42.5 Å². The number of nitrogens with one attached hydrogen (secondary N) is 2. The first-order valence-electron chi connectivity index (χ1n) is 9.91. The van der Waals surface area contributed by atoms with Crippen molar-refractivity contribution in [1.82, 2.24) is 5.32 Å². The van der Waals surface area contributed by atoms with Crippen LogP contribution in [0.2, 0.25) is 0 Å². The van der Waals surface area contributed by atoms with Gasteiger partial charge in [-0.25, -0.2) is 0 Å². The van der Waals surface area contributed by atoms with Crippen LogP contribution in [0.4, 0.5) is 5.69 Å². The molecule has 164 valence electrons. The van der Waals surface area contributed by atoms with Crippen molar-refractivity contribution in [3.63, 3.8) is 0 Å². The van der Waals surface area contributed by atoms with Crippen molar-refractivity contribution >= 4 is 23.5 Å². The number of hydrogen-bond donors (Lipinski definition) is 2. The van der Waals surface area contributed by atoms with E-state index in [-0.39, 0.29) is 6.54 Å². The lowest BCUT2D eigenvalue weighted by molar-refractivity contribution is -0.146. The Kier molecular flexibility index (Phi) is 7.69. The SMILES string of the molecule is CCOc1ccc(C(=O)NCC(=O)OCC(=O)Nc2ccc3c(c2)OCCCO3)cc1. The highest BCUT2D eigenvalue weighted by Gasteiger charge is 2.14. The van der Waals surface area contributed by atoms with Gasteiger partial charge in [0.25, 0.3) is 11.8 Å². The lowest BCUT2D eigenvalue weighted by Crippen LogP contribution is -2.32. The van der Waals surface area contributed by atoms with Crippen molar-refractivity contribution < 1.29 is 33.3 Å². The van der Waals surface area contributed by atoms with Crippen molar-refractivity contribution in [2.24, 2.45) is 0 Å². The molecule has 1 aliphatic heterocycles. The van der Waals surface area contributed by atoms with Gasteiger partial charge in [-0.3, -0.25) is 14.4 Å². The summed E-state index contributed by atoms with van der Waals surface area (Å²) in [5, 5.41) is 5.07. The van der Waals surface area contributed by atoms with Gasteiger partial charge in [-0.2, -0.15) is 0 Å². The number of hydrogen-bond acceptors (Lipinski definition) is 7. The lowest BCUT2D eigenvalue weighted by atomic mass is 10.2. The van der Waals surface area contributed by atoms with Crippen LogP contribution in [-0.2, 0) is 14.3 Å². The quantitative estimate of drug-likeness (QED) is 0.620. The molecule has 0 spiro atoms. The third kappa shape index (κ3) is 6.63. The molecule has 0 unspecified atom stereocenters. The Bertz CT molecular complexity index is 928. The highest BCUT2D eigenvalue weighted by atomic mass is 16.5. The monoisotopic (exact) mass is 428 g/mol. The fraction of sp³-hybridized carbons (Fsp3) is 0.318. The normalized spacial score (nSPS) is 12.3. The molecular formula is C22H24N2O7. The zero-order chi connectivity index (χ0) is 22.1. The molecular weight excluding hydrogens is 404 g/mol. The summed E-state index contributed by atoms with van der Waals surface area (Å²) in [6.45, 7) is 2.66. The maximum Gasteiger partial charge on any atom is 0.325 e. The predicted molar refractivity (Wildman–Crippen MR) is 112 cm³/mol. The molecule has 2 N–H and O–H groups in total. The Labute approximate surface area is 179 Å². The van der Waals surface area contributed by atoms with Crippen molar-refractivity contribution in [3.8, 4) is 17.2 Å². The first-order valence-corrected chi connectivity index (χ1v) is 9.91. The Morgan fingerprint density at radius 1 is 1.00 bits per heavy atom. The molecule has 3 rings (SSSR count). The number of esters is 1. The van der Waals surface area contributed by atoms with Gasteiger partial charge in [0.2, 0.25) is 0 Å². The van der Waals surface area contributed by atoms with Gasteiger partial charge in [-0.1, -0.05) is 0 Å². The summed E-state index contributed by atoms with van der Waals surface area (Å²) in [5.74, 6) is 0.137. The first-order chi connectivity index (χ1) is 15.0. The van der Waals surface area contributed by atoms with Gasteiger partial charge in [0.1, 0.15) is 12.3 Å². The maximum absolute atomic E-state index is 12.1. The summed E-state index contributed by atoms with van der Waals surface area (Å²) < 4.78 is 21.3. The summed E-state index contributed by atoms with van der Waals surface area (Å²) in [4.78, 5) is 35.9. The van der Waals surface area contributed by atoms with Crippen LogP contribution >= 0.6 is 0 Å². The van der Waals surface area contributed by atoms with E-state index in [9.17, 15) is 14.4 Å². The van der Waals surface area contributed by atoms with E-state index in [1.807, 2.05) is 6.92 Å². The Morgan fingerprint density at radius 3 is 2.48 bits per heavy atom. The van der Waals surface area contributed by atoms with E-state index in [0.29, 0.717) is 48.3 Å². The van der Waals surface area contributed by atoms with E-state index < -0.39 is 24.4 Å². The third-order valence-corrected chi connectivity index (χ3v) is 4.22. The highest BCUT2D eigenvalue weighted by Crippen LogP contribution is 2.32. The molecule has 9 heteroatoms. The summed E-state index contributed by atoms with van der Waals surface area (Å²) in [5.41, 5.74) is 0.873. The number of carbonyl (C=O) groups is 3. The molecule has 0 saturated heterocycles. The van der Waals surface area contributed by atoms with Crippen LogP contribution in [0.5, 0.6) is 17.2 Å². The average molecular weight is 428 g/mol. The molecule has 0 aliphatic carbocycles. The van der Waals surface area contributed by atoms with E-state index in [0.717, 1.165) is 6.42 Å². The van der Waals surface area contributed by atoms with E-state index in [1.165, 1.54) is 0 Å². The minimum atomic E-state index is -0.729. The molecule has 1 aliphatic rings. The molecule has 2 aromatic rings. The van der Waals surface area contributed by atoms with Gasteiger partial charge in [0.15, 0.2) is 18.1 Å². The zero-order valence-electron chi connectivity index (χ0n) is 17.1. The van der Waals surface area contributed by atoms with Gasteiger partial charge in [0.05, 0.1) is 19.8 Å². The standard InChI is InChI=1S/C22H24N2O7/c1-2-28-17-7-4-15(5-8-17)22(27)23-13-21(26)31-14-20(25)24-16-6-9-18-19(12-16)30-11-3-10-29-18/h4-9,12H,2-3,10-11,13-14H2,1H3,(H,23,27)(H,24,25). The largest absolute Gasteiger partial charge is 0.494 e. The van der Waals surface area contributed by atoms with Crippen LogP contribution in [0.3, 0.4) is 0 Å². The maximum atomic E-state index is 12.1. The second-order valence-corrected chi connectivity index (χ2v) is 6.56. The first kappa shape index (κ1) is 21.9. The van der Waals surface area contributed by atoms with Crippen LogP contribution < -0.4 is 24.8 Å². The number of ether oxygens (including phenoxy) is 4. The smallest absolute Gasteiger partial charge is 0.325 e. The number of amides is 2. The van der Waals surface area contributed by atoms with Crippen molar-refractivity contribution in [3.05, 3.63) is 48.0 Å². The van der Waals surface area contributed by atoms with Gasteiger partial charge < -0.3 is 29.6 Å². The van der Waals surface area contributed by atoms with Crippen LogP contribution in [0.1, 0.15) is 23.7 Å². The van der Waals surface area contributed by atoms with Crippen LogP contribution in [-0.4, -0.2) is 50.8 Å². The van der Waals surface area contributed by atoms with E-state index in [4.69, 9.17) is 18.9 Å². The molecule has 0 atom stereocenters. The molecule has 2 amide bonds. The van der Waals surface area contributed by atoms with Crippen molar-refractivity contribution in [1.29, 1.82) is 0 Å². The van der Waals surface area contributed by atoms with Gasteiger partial charge in [-0.15, -0.1) is 0 Å². The summed E-state index contributed by atoms with van der Waals surface area (Å²) in [7, 11) is 0. The molecule has 0 aromatic heterocycles. The van der Waals surface area contributed by atoms with E-state index >= 15 is 0 Å². The Balaban J connectivity index is 1.40. The third-order valence-electron chi connectivity index (χ3n) is 4.22. The molecule has 0 fully saturated rings. The number of benzene rings is 2. The summed E-state index contributed by atoms with van der Waals surface area (Å²) >= 11 is 0. The summed E-state index contributed by atoms with van der Waals surface area (Å²) in [6.07, 6.45) is 0.779. The van der Waals surface area contributed by atoms with Gasteiger partial charge in [0, 0.05) is 23.7 Å². The Hall–Kier alpha value is -3.75. The lowest BCUT2D eigenvalue weighted by Gasteiger charge is -2.11. The predicted octanol–water partition coefficient (Wildman–Crippen LogP) is 2.16. The minimum Gasteiger partial charge on any atom is -0.494 e. The second-order valence-electron chi connectivity index (χ2n) is 6.56. The molecule has 31 heavy (non-hydrogen) atoms. The number of fused-ring (bicyclic) bond motifs is 1. The average Bonchev–Trinajstić information content (AvgIpc) is 3.02. The number of anilines is 1. The molecule has 2 aromatic carbocycles. The fourth-order valence-electron chi connectivity index (χ4n) is 2.76. The molecule has 0 bridgehead atoms. The molecule has 0 saturated carbocycles. The fourth-order valence-corrected chi connectivity index (χ4v) is 2.76. The van der Waals surface area contributed by atoms with Crippen molar-refractivity contribution in [2.75, 3.05) is 38.3 Å². The van der Waals surface area contributed by atoms with Gasteiger partial charge in [-0.05, 0) is 43.3 Å². The second kappa shape index (κ2) is 10.9. The Morgan fingerprint density at radius 2 is 1.74 bits per heavy atom. The molecule has 9 nitrogen and oxygen atoms in total. The molecule has 0 radical (unpaired) electrons. The van der Waals surface area contributed by atoms with E-state index in [2.05, 4.69) is 10.6 Å². The topological polar surface area (TPSA) is 112 Å². The number of rotatable bonds is 8. The minimum absolute atomic E-state index is 0.358. The number of carbonyl (C=O) groups excluding carboxylic acids is 3. The summed E-state index contributed by atoms with van der Waals surface area (Å²) in [6, 6.07) is 11.5.